The lowest BCUT2D eigenvalue weighted by Gasteiger charge is -2.13. The Morgan fingerprint density at radius 1 is 1.24 bits per heavy atom. The highest BCUT2D eigenvalue weighted by Gasteiger charge is 2.18. The van der Waals surface area contributed by atoms with Crippen LogP contribution >= 0.6 is 23.1 Å². The van der Waals surface area contributed by atoms with E-state index in [4.69, 9.17) is 21.1 Å². The van der Waals surface area contributed by atoms with Crippen molar-refractivity contribution >= 4 is 50.1 Å². The third-order valence-corrected chi connectivity index (χ3v) is 6.20. The Morgan fingerprint density at radius 3 is 2.65 bits per heavy atom. The van der Waals surface area contributed by atoms with Crippen molar-refractivity contribution in [2.75, 3.05) is 18.2 Å². The molecule has 0 fully saturated rings. The molecule has 176 valence electrons. The topological polar surface area (TPSA) is 131 Å². The molecule has 0 aliphatic carbocycles. The van der Waals surface area contributed by atoms with E-state index in [9.17, 15) is 18.5 Å². The predicted octanol–water partition coefficient (Wildman–Crippen LogP) is 4.12. The van der Waals surface area contributed by atoms with Gasteiger partial charge < -0.3 is 9.47 Å². The van der Waals surface area contributed by atoms with Crippen LogP contribution < -0.4 is 14.8 Å². The average molecular weight is 519 g/mol. The van der Waals surface area contributed by atoms with Crippen molar-refractivity contribution in [1.29, 1.82) is 5.26 Å². The summed E-state index contributed by atoms with van der Waals surface area (Å²) in [6.07, 6.45) is 2.33. The summed E-state index contributed by atoms with van der Waals surface area (Å²) in [4.78, 5) is 16.2. The number of nitriles is 1. The Kier molecular flexibility index (Phi) is 8.22. The van der Waals surface area contributed by atoms with Gasteiger partial charge in [0.1, 0.15) is 18.2 Å². The molecule has 1 heterocycles. The van der Waals surface area contributed by atoms with Crippen LogP contribution in [0.5, 0.6) is 11.5 Å². The molecule has 12 heteroatoms. The molecule has 0 bridgehead atoms. The second-order valence-electron chi connectivity index (χ2n) is 6.80. The van der Waals surface area contributed by atoms with Crippen molar-refractivity contribution in [1.82, 2.24) is 9.36 Å². The number of anilines is 1. The lowest BCUT2D eigenvalue weighted by molar-refractivity contribution is -0.112. The van der Waals surface area contributed by atoms with E-state index in [0.29, 0.717) is 40.2 Å². The van der Waals surface area contributed by atoms with Crippen molar-refractivity contribution in [3.05, 3.63) is 64.2 Å². The number of hydrogen-bond donors (Lipinski definition) is 1. The van der Waals surface area contributed by atoms with Crippen LogP contribution in [0.15, 0.2) is 53.2 Å². The molecule has 0 saturated carbocycles. The number of benzene rings is 2. The van der Waals surface area contributed by atoms with Gasteiger partial charge in [-0.3, -0.25) is 10.1 Å². The van der Waals surface area contributed by atoms with E-state index in [1.807, 2.05) is 31.2 Å². The first kappa shape index (κ1) is 25.2. The number of carbonyl (C=O) groups is 1. The second-order valence-corrected chi connectivity index (χ2v) is 9.87. The lowest BCUT2D eigenvalue weighted by atomic mass is 10.1. The van der Waals surface area contributed by atoms with Crippen LogP contribution in [0, 0.1) is 11.3 Å². The number of nitrogens with one attached hydrogen (secondary N) is 1. The average Bonchev–Trinajstić information content (AvgIpc) is 3.27. The van der Waals surface area contributed by atoms with Crippen molar-refractivity contribution in [3.63, 3.8) is 0 Å². The third kappa shape index (κ3) is 6.54. The fourth-order valence-corrected chi connectivity index (χ4v) is 4.29. The minimum Gasteiger partial charge on any atom is -0.490 e. The molecule has 0 aliphatic rings. The molecule has 3 rings (SSSR count). The fourth-order valence-electron chi connectivity index (χ4n) is 2.66. The summed E-state index contributed by atoms with van der Waals surface area (Å²) in [6, 6.07) is 14.1. The van der Waals surface area contributed by atoms with Gasteiger partial charge in [0.15, 0.2) is 11.5 Å². The van der Waals surface area contributed by atoms with Crippen LogP contribution in [-0.2, 0) is 21.2 Å². The van der Waals surface area contributed by atoms with Crippen LogP contribution in [0.4, 0.5) is 5.13 Å². The summed E-state index contributed by atoms with van der Waals surface area (Å²) in [5.41, 5.74) is 1.12. The minimum absolute atomic E-state index is 0.0371. The van der Waals surface area contributed by atoms with Gasteiger partial charge in [0.2, 0.25) is 15.0 Å². The molecule has 1 N–H and O–H groups in total. The first-order valence-corrected chi connectivity index (χ1v) is 12.9. The van der Waals surface area contributed by atoms with E-state index in [-0.39, 0.29) is 17.3 Å². The number of sulfone groups is 1. The first-order chi connectivity index (χ1) is 16.2. The molecule has 1 amide bonds. The van der Waals surface area contributed by atoms with Crippen LogP contribution in [0.25, 0.3) is 6.08 Å². The Morgan fingerprint density at radius 2 is 2.00 bits per heavy atom. The molecule has 0 aliphatic heterocycles. The second kappa shape index (κ2) is 11.1. The van der Waals surface area contributed by atoms with Crippen LogP contribution in [0.3, 0.4) is 0 Å². The highest BCUT2D eigenvalue weighted by atomic mass is 35.5. The van der Waals surface area contributed by atoms with Crippen LogP contribution in [-0.4, -0.2) is 36.5 Å². The zero-order valence-electron chi connectivity index (χ0n) is 18.1. The quantitative estimate of drug-likeness (QED) is 0.330. The van der Waals surface area contributed by atoms with E-state index in [1.54, 1.807) is 24.3 Å². The Labute approximate surface area is 205 Å². The number of hydrogen-bond acceptors (Lipinski definition) is 9. The maximum Gasteiger partial charge on any atom is 0.268 e. The molecule has 0 radical (unpaired) electrons. The normalized spacial score (nSPS) is 11.5. The molecule has 34 heavy (non-hydrogen) atoms. The molecule has 2 aromatic carbocycles. The van der Waals surface area contributed by atoms with Gasteiger partial charge in [-0.05, 0) is 36.8 Å². The van der Waals surface area contributed by atoms with E-state index in [1.165, 1.54) is 6.08 Å². The molecule has 0 atom stereocenters. The molecular weight excluding hydrogens is 500 g/mol. The van der Waals surface area contributed by atoms with Crippen molar-refractivity contribution in [2.24, 2.45) is 0 Å². The van der Waals surface area contributed by atoms with Crippen LogP contribution in [0.2, 0.25) is 5.02 Å². The van der Waals surface area contributed by atoms with Gasteiger partial charge in [-0.2, -0.15) is 14.6 Å². The summed E-state index contributed by atoms with van der Waals surface area (Å²) in [6.45, 7) is 2.43. The number of nitrogens with zero attached hydrogens (tertiary/aromatic N) is 3. The standard InChI is InChI=1S/C22H19ClN4O5S2/c1-3-31-19-11-14(8-9-18(19)32-13-15-6-4-5-7-17(15)23)10-16(12-24)20(28)25-21-26-22(27-33-21)34(2,29)30/h4-11H,3,13H2,1-2H3,(H,25,26,27,28)/b16-10-. The molecule has 0 unspecified atom stereocenters. The fraction of sp³-hybridized carbons (Fsp3) is 0.182. The predicted molar refractivity (Wildman–Crippen MR) is 129 cm³/mol. The minimum atomic E-state index is -3.61. The summed E-state index contributed by atoms with van der Waals surface area (Å²) < 4.78 is 38.2. The maximum atomic E-state index is 12.5. The largest absolute Gasteiger partial charge is 0.490 e. The van der Waals surface area contributed by atoms with E-state index < -0.39 is 20.9 Å². The van der Waals surface area contributed by atoms with Gasteiger partial charge in [-0.1, -0.05) is 35.9 Å². The molecular formula is C22H19ClN4O5S2. The van der Waals surface area contributed by atoms with Gasteiger partial charge in [0, 0.05) is 28.4 Å². The molecule has 0 saturated heterocycles. The monoisotopic (exact) mass is 518 g/mol. The molecule has 9 nitrogen and oxygen atoms in total. The summed E-state index contributed by atoms with van der Waals surface area (Å²) >= 11 is 6.88. The summed E-state index contributed by atoms with van der Waals surface area (Å²) in [5, 5.41) is 12.0. The van der Waals surface area contributed by atoms with Crippen molar-refractivity contribution in [3.8, 4) is 17.6 Å². The summed E-state index contributed by atoms with van der Waals surface area (Å²) in [5.74, 6) is 0.155. The zero-order valence-corrected chi connectivity index (χ0v) is 20.5. The molecule has 3 aromatic rings. The third-order valence-electron chi connectivity index (χ3n) is 4.24. The van der Waals surface area contributed by atoms with E-state index in [0.717, 1.165) is 11.8 Å². The molecule has 1 aromatic heterocycles. The smallest absolute Gasteiger partial charge is 0.268 e. The van der Waals surface area contributed by atoms with Gasteiger partial charge in [-0.15, -0.1) is 0 Å². The van der Waals surface area contributed by atoms with Crippen molar-refractivity contribution < 1.29 is 22.7 Å². The SMILES string of the molecule is CCOc1cc(/C=C(/C#N)C(=O)Nc2nc(S(C)(=O)=O)ns2)ccc1OCc1ccccc1Cl. The number of halogens is 1. The first-order valence-electron chi connectivity index (χ1n) is 9.81. The highest BCUT2D eigenvalue weighted by molar-refractivity contribution is 7.90. The van der Waals surface area contributed by atoms with Crippen LogP contribution in [0.1, 0.15) is 18.1 Å². The Bertz CT molecular complexity index is 1380. The van der Waals surface area contributed by atoms with Gasteiger partial charge in [0.25, 0.3) is 11.1 Å². The number of amides is 1. The van der Waals surface area contributed by atoms with Gasteiger partial charge in [-0.25, -0.2) is 8.42 Å². The lowest BCUT2D eigenvalue weighted by Crippen LogP contribution is -2.13. The van der Waals surface area contributed by atoms with Crippen molar-refractivity contribution in [2.45, 2.75) is 18.7 Å². The van der Waals surface area contributed by atoms with E-state index >= 15 is 0 Å². The number of ether oxygens (including phenoxy) is 2. The number of rotatable bonds is 9. The zero-order chi connectivity index (χ0) is 24.7. The van der Waals surface area contributed by atoms with Gasteiger partial charge >= 0.3 is 0 Å². The Hall–Kier alpha value is -3.46. The summed E-state index contributed by atoms with van der Waals surface area (Å²) in [7, 11) is -3.61. The number of aromatic nitrogens is 2. The van der Waals surface area contributed by atoms with Gasteiger partial charge in [0.05, 0.1) is 6.61 Å². The maximum absolute atomic E-state index is 12.5. The Balaban J connectivity index is 1.79. The molecule has 0 spiro atoms. The van der Waals surface area contributed by atoms with E-state index in [2.05, 4.69) is 14.7 Å². The number of carbonyl (C=O) groups excluding carboxylic acids is 1. The highest BCUT2D eigenvalue weighted by Crippen LogP contribution is 2.31.